The zero-order valence-electron chi connectivity index (χ0n) is 16.7. The zero-order valence-corrected chi connectivity index (χ0v) is 16.7. The molecule has 0 fully saturated rings. The van der Waals surface area contributed by atoms with E-state index >= 15 is 0 Å². The summed E-state index contributed by atoms with van der Waals surface area (Å²) < 4.78 is 4.00. The van der Waals surface area contributed by atoms with Crippen LogP contribution in [0.5, 0.6) is 0 Å². The molecule has 0 aliphatic heterocycles. The Bertz CT molecular complexity index is 1220. The van der Waals surface area contributed by atoms with Crippen molar-refractivity contribution < 1.29 is 0 Å². The van der Waals surface area contributed by atoms with Crippen molar-refractivity contribution in [3.63, 3.8) is 0 Å². The van der Waals surface area contributed by atoms with Crippen LogP contribution in [0.3, 0.4) is 0 Å². The van der Waals surface area contributed by atoms with Gasteiger partial charge < -0.3 is 0 Å². The molecule has 0 saturated carbocycles. The summed E-state index contributed by atoms with van der Waals surface area (Å²) in [4.78, 5) is 0. The van der Waals surface area contributed by atoms with Gasteiger partial charge in [0.1, 0.15) is 11.0 Å². The first-order valence-electron chi connectivity index (χ1n) is 9.81. The smallest absolute Gasteiger partial charge is 0.186 e. The molecular weight excluding hydrogens is 360 g/mol. The number of hydrogen-bond donors (Lipinski definition) is 0. The number of rotatable bonds is 4. The highest BCUT2D eigenvalue weighted by Crippen LogP contribution is 2.38. The van der Waals surface area contributed by atoms with E-state index in [1.165, 1.54) is 5.56 Å². The Labute approximate surface area is 168 Å². The third-order valence-corrected chi connectivity index (χ3v) is 5.63. The minimum absolute atomic E-state index is 0.111. The average molecular weight is 382 g/mol. The van der Waals surface area contributed by atoms with Gasteiger partial charge in [-0.1, -0.05) is 78.4 Å². The third kappa shape index (κ3) is 2.49. The van der Waals surface area contributed by atoms with E-state index in [0.717, 1.165) is 27.6 Å². The molecule has 29 heavy (non-hydrogen) atoms. The van der Waals surface area contributed by atoms with Crippen LogP contribution >= 0.6 is 0 Å². The minimum atomic E-state index is -0.722. The first kappa shape index (κ1) is 17.6. The fraction of sp³-hybridized carbons (Fsp3) is 0.217. The van der Waals surface area contributed by atoms with Crippen molar-refractivity contribution in [3.8, 4) is 0 Å². The van der Waals surface area contributed by atoms with E-state index in [-0.39, 0.29) is 5.92 Å². The standard InChI is InChI=1S/C23H22N6/c1-16(2)23(18-14-12-17(3)13-15-18,28-21-10-6-4-8-19(21)24-26-28)29-22-11-7-5-9-20(22)25-27-29/h4-16H,1-3H3. The molecule has 144 valence electrons. The summed E-state index contributed by atoms with van der Waals surface area (Å²) in [5.74, 6) is 0.111. The number of fused-ring (bicyclic) bond motifs is 2. The fourth-order valence-electron chi connectivity index (χ4n) is 4.20. The fourth-order valence-corrected chi connectivity index (χ4v) is 4.20. The third-order valence-electron chi connectivity index (χ3n) is 5.63. The Morgan fingerprint density at radius 3 is 1.66 bits per heavy atom. The number of nitrogens with zero attached hydrogens (tertiary/aromatic N) is 6. The number of aromatic nitrogens is 6. The van der Waals surface area contributed by atoms with Gasteiger partial charge in [-0.2, -0.15) is 0 Å². The highest BCUT2D eigenvalue weighted by molar-refractivity contribution is 5.76. The van der Waals surface area contributed by atoms with E-state index < -0.39 is 5.66 Å². The quantitative estimate of drug-likeness (QED) is 0.462. The van der Waals surface area contributed by atoms with Crippen LogP contribution in [0.4, 0.5) is 0 Å². The summed E-state index contributed by atoms with van der Waals surface area (Å²) >= 11 is 0. The second-order valence-corrected chi connectivity index (χ2v) is 7.73. The predicted octanol–water partition coefficient (Wildman–Crippen LogP) is 4.39. The molecule has 2 aromatic heterocycles. The highest BCUT2D eigenvalue weighted by Gasteiger charge is 2.44. The van der Waals surface area contributed by atoms with Gasteiger partial charge in [-0.05, 0) is 31.2 Å². The lowest BCUT2D eigenvalue weighted by molar-refractivity contribution is 0.168. The number of para-hydroxylation sites is 2. The van der Waals surface area contributed by atoms with Crippen LogP contribution in [0.2, 0.25) is 0 Å². The van der Waals surface area contributed by atoms with Crippen LogP contribution in [0.15, 0.2) is 72.8 Å². The van der Waals surface area contributed by atoms with Crippen LogP contribution in [0.25, 0.3) is 22.1 Å². The van der Waals surface area contributed by atoms with Gasteiger partial charge in [0.05, 0.1) is 11.0 Å². The highest BCUT2D eigenvalue weighted by atomic mass is 15.6. The van der Waals surface area contributed by atoms with E-state index in [2.05, 4.69) is 77.8 Å². The van der Waals surface area contributed by atoms with Crippen molar-refractivity contribution in [3.05, 3.63) is 83.9 Å². The van der Waals surface area contributed by atoms with Crippen LogP contribution in [0.1, 0.15) is 25.0 Å². The lowest BCUT2D eigenvalue weighted by atomic mass is 9.87. The molecule has 0 spiro atoms. The largest absolute Gasteiger partial charge is 0.212 e. The molecule has 3 aromatic carbocycles. The summed E-state index contributed by atoms with van der Waals surface area (Å²) in [7, 11) is 0. The molecule has 0 radical (unpaired) electrons. The molecule has 6 nitrogen and oxygen atoms in total. The lowest BCUT2D eigenvalue weighted by Crippen LogP contribution is -2.48. The van der Waals surface area contributed by atoms with Gasteiger partial charge in [0.2, 0.25) is 0 Å². The van der Waals surface area contributed by atoms with Gasteiger partial charge in [-0.25, -0.2) is 9.36 Å². The second-order valence-electron chi connectivity index (χ2n) is 7.73. The van der Waals surface area contributed by atoms with E-state index in [1.54, 1.807) is 0 Å². The SMILES string of the molecule is Cc1ccc(C(C(C)C)(n2nnc3ccccc32)n2nnc3ccccc32)cc1. The number of aryl methyl sites for hydroxylation is 1. The Balaban J connectivity index is 1.94. The van der Waals surface area contributed by atoms with Gasteiger partial charge >= 0.3 is 0 Å². The summed E-state index contributed by atoms with van der Waals surface area (Å²) in [5.41, 5.74) is 5.20. The minimum Gasteiger partial charge on any atom is -0.212 e. The van der Waals surface area contributed by atoms with Crippen molar-refractivity contribution in [1.82, 2.24) is 30.0 Å². The topological polar surface area (TPSA) is 61.4 Å². The summed E-state index contributed by atoms with van der Waals surface area (Å²) in [5, 5.41) is 18.2. The molecule has 0 unspecified atom stereocenters. The molecule has 5 rings (SSSR count). The number of benzene rings is 3. The molecule has 5 aromatic rings. The van der Waals surface area contributed by atoms with Crippen molar-refractivity contribution in [1.29, 1.82) is 0 Å². The van der Waals surface area contributed by atoms with Crippen LogP contribution in [-0.4, -0.2) is 30.0 Å². The second kappa shape index (κ2) is 6.51. The lowest BCUT2D eigenvalue weighted by Gasteiger charge is -2.38. The van der Waals surface area contributed by atoms with E-state index in [9.17, 15) is 0 Å². The molecule has 0 aliphatic rings. The Hall–Kier alpha value is -3.54. The maximum atomic E-state index is 4.63. The Morgan fingerprint density at radius 1 is 0.690 bits per heavy atom. The summed E-state index contributed by atoms with van der Waals surface area (Å²) in [6.07, 6.45) is 0. The molecule has 0 amide bonds. The van der Waals surface area contributed by atoms with E-state index in [4.69, 9.17) is 0 Å². The van der Waals surface area contributed by atoms with E-state index in [1.807, 2.05) is 45.8 Å². The van der Waals surface area contributed by atoms with Crippen LogP contribution < -0.4 is 0 Å². The number of hydrogen-bond acceptors (Lipinski definition) is 4. The van der Waals surface area contributed by atoms with E-state index in [0.29, 0.717) is 0 Å². The van der Waals surface area contributed by atoms with Crippen LogP contribution in [0, 0.1) is 12.8 Å². The molecule has 0 atom stereocenters. The van der Waals surface area contributed by atoms with Gasteiger partial charge in [-0.3, -0.25) is 0 Å². The van der Waals surface area contributed by atoms with Gasteiger partial charge in [0, 0.05) is 11.5 Å². The molecule has 0 N–H and O–H groups in total. The maximum Gasteiger partial charge on any atom is 0.186 e. The van der Waals surface area contributed by atoms with Crippen molar-refractivity contribution >= 4 is 22.1 Å². The maximum absolute atomic E-state index is 4.63. The average Bonchev–Trinajstić information content (AvgIpc) is 3.35. The summed E-state index contributed by atoms with van der Waals surface area (Å²) in [6, 6.07) is 24.6. The Kier molecular flexibility index (Phi) is 3.94. The van der Waals surface area contributed by atoms with Crippen molar-refractivity contribution in [2.45, 2.75) is 26.4 Å². The summed E-state index contributed by atoms with van der Waals surface area (Å²) in [6.45, 7) is 6.47. The van der Waals surface area contributed by atoms with Gasteiger partial charge in [0.15, 0.2) is 5.66 Å². The normalized spacial score (nSPS) is 12.3. The van der Waals surface area contributed by atoms with Crippen molar-refractivity contribution in [2.75, 3.05) is 0 Å². The Morgan fingerprint density at radius 2 is 1.17 bits per heavy atom. The molecule has 6 heteroatoms. The molecule has 0 saturated heterocycles. The zero-order chi connectivity index (χ0) is 20.0. The molecule has 2 heterocycles. The van der Waals surface area contributed by atoms with Gasteiger partial charge in [0.25, 0.3) is 0 Å². The monoisotopic (exact) mass is 382 g/mol. The first-order valence-corrected chi connectivity index (χ1v) is 9.81. The molecule has 0 bridgehead atoms. The molecule has 0 aliphatic carbocycles. The molecular formula is C23H22N6. The first-order chi connectivity index (χ1) is 14.1. The van der Waals surface area contributed by atoms with Crippen LogP contribution in [-0.2, 0) is 5.66 Å². The predicted molar refractivity (Wildman–Crippen MR) is 114 cm³/mol. The van der Waals surface area contributed by atoms with Gasteiger partial charge in [-0.15, -0.1) is 10.2 Å². The van der Waals surface area contributed by atoms with Crippen molar-refractivity contribution in [2.24, 2.45) is 5.92 Å².